The molecule has 6 nitrogen and oxygen atoms in total. The van der Waals surface area contributed by atoms with Gasteiger partial charge in [-0.25, -0.2) is 9.78 Å². The highest BCUT2D eigenvalue weighted by Gasteiger charge is 2.13. The molecule has 0 amide bonds. The highest BCUT2D eigenvalue weighted by atomic mass is 16.5. The van der Waals surface area contributed by atoms with Crippen molar-refractivity contribution in [3.8, 4) is 0 Å². The number of aromatic nitrogens is 2. The Labute approximate surface area is 165 Å². The topological polar surface area (TPSA) is 76.1 Å². The molecule has 28 heavy (non-hydrogen) atoms. The molecule has 0 aliphatic rings. The maximum atomic E-state index is 11.9. The lowest BCUT2D eigenvalue weighted by Gasteiger charge is -2.19. The number of anilines is 4. The smallest absolute Gasteiger partial charge is 0.339 e. The minimum atomic E-state index is -0.408. The fraction of sp³-hybridized carbons (Fsp3) is 0.227. The zero-order valence-electron chi connectivity index (χ0n) is 16.5. The molecule has 0 saturated heterocycles. The van der Waals surface area contributed by atoms with E-state index in [-0.39, 0.29) is 5.41 Å². The third-order valence-corrected chi connectivity index (χ3v) is 4.26. The van der Waals surface area contributed by atoms with Crippen LogP contribution in [0.15, 0.2) is 60.8 Å². The highest BCUT2D eigenvalue weighted by molar-refractivity contribution is 5.96. The molecule has 2 N–H and O–H groups in total. The zero-order valence-corrected chi connectivity index (χ0v) is 16.5. The molecule has 0 aliphatic carbocycles. The summed E-state index contributed by atoms with van der Waals surface area (Å²) in [5.41, 5.74) is 3.32. The van der Waals surface area contributed by atoms with E-state index in [2.05, 4.69) is 53.5 Å². The van der Waals surface area contributed by atoms with Gasteiger partial charge in [-0.15, -0.1) is 0 Å². The average Bonchev–Trinajstić information content (AvgIpc) is 2.68. The first-order chi connectivity index (χ1) is 13.4. The molecule has 0 atom stereocenters. The van der Waals surface area contributed by atoms with Gasteiger partial charge < -0.3 is 15.4 Å². The van der Waals surface area contributed by atoms with E-state index in [0.717, 1.165) is 5.69 Å². The molecule has 0 radical (unpaired) electrons. The normalized spacial score (nSPS) is 11.0. The largest absolute Gasteiger partial charge is 0.465 e. The second-order valence-electron chi connectivity index (χ2n) is 7.38. The van der Waals surface area contributed by atoms with Gasteiger partial charge in [-0.05, 0) is 41.3 Å². The second-order valence-corrected chi connectivity index (χ2v) is 7.38. The predicted molar refractivity (Wildman–Crippen MR) is 112 cm³/mol. The quantitative estimate of drug-likeness (QED) is 0.607. The molecule has 6 heteroatoms. The van der Waals surface area contributed by atoms with Crippen LogP contribution in [0.5, 0.6) is 0 Å². The number of nitrogens with zero attached hydrogens (tertiary/aromatic N) is 2. The zero-order chi connectivity index (χ0) is 20.1. The monoisotopic (exact) mass is 376 g/mol. The first-order valence-corrected chi connectivity index (χ1v) is 9.02. The van der Waals surface area contributed by atoms with Gasteiger partial charge in [-0.2, -0.15) is 4.98 Å². The molecule has 0 aliphatic heterocycles. The van der Waals surface area contributed by atoms with Crippen molar-refractivity contribution in [1.29, 1.82) is 0 Å². The fourth-order valence-electron chi connectivity index (χ4n) is 2.69. The van der Waals surface area contributed by atoms with Crippen LogP contribution in [0.1, 0.15) is 36.7 Å². The number of hydrogen-bond donors (Lipinski definition) is 2. The highest BCUT2D eigenvalue weighted by Crippen LogP contribution is 2.25. The molecule has 0 saturated carbocycles. The molecule has 0 spiro atoms. The van der Waals surface area contributed by atoms with E-state index in [0.29, 0.717) is 23.0 Å². The van der Waals surface area contributed by atoms with Gasteiger partial charge in [0.2, 0.25) is 5.95 Å². The number of ether oxygens (including phenoxy) is 1. The summed E-state index contributed by atoms with van der Waals surface area (Å²) in [4.78, 5) is 20.7. The molecule has 0 unspecified atom stereocenters. The van der Waals surface area contributed by atoms with E-state index in [1.165, 1.54) is 12.7 Å². The lowest BCUT2D eigenvalue weighted by Crippen LogP contribution is -2.10. The lowest BCUT2D eigenvalue weighted by molar-refractivity contribution is 0.0602. The molecule has 3 rings (SSSR count). The van der Waals surface area contributed by atoms with Crippen LogP contribution >= 0.6 is 0 Å². The van der Waals surface area contributed by atoms with Crippen molar-refractivity contribution < 1.29 is 9.53 Å². The van der Waals surface area contributed by atoms with Crippen molar-refractivity contribution in [1.82, 2.24) is 9.97 Å². The summed E-state index contributed by atoms with van der Waals surface area (Å²) in [6.45, 7) is 6.54. The Hall–Kier alpha value is -3.41. The number of para-hydroxylation sites is 1. The Morgan fingerprint density at radius 2 is 1.68 bits per heavy atom. The minimum Gasteiger partial charge on any atom is -0.465 e. The molecule has 2 aromatic carbocycles. The van der Waals surface area contributed by atoms with E-state index in [4.69, 9.17) is 4.74 Å². The van der Waals surface area contributed by atoms with Crippen molar-refractivity contribution in [2.75, 3.05) is 17.7 Å². The SMILES string of the molecule is COC(=O)c1ccccc1Nc1ccnc(Nc2ccc(C(C)(C)C)cc2)n1. The molecular weight excluding hydrogens is 352 g/mol. The summed E-state index contributed by atoms with van der Waals surface area (Å²) in [5.74, 6) is 0.624. The number of methoxy groups -OCH3 is 1. The van der Waals surface area contributed by atoms with Gasteiger partial charge in [-0.1, -0.05) is 45.0 Å². The summed E-state index contributed by atoms with van der Waals surface area (Å²) in [6.07, 6.45) is 1.65. The summed E-state index contributed by atoms with van der Waals surface area (Å²) < 4.78 is 4.83. The van der Waals surface area contributed by atoms with Crippen LogP contribution in [0, 0.1) is 0 Å². The van der Waals surface area contributed by atoms with Crippen LogP contribution in [0.2, 0.25) is 0 Å². The third kappa shape index (κ3) is 4.65. The molecule has 0 bridgehead atoms. The first-order valence-electron chi connectivity index (χ1n) is 9.02. The number of carbonyl (C=O) groups is 1. The van der Waals surface area contributed by atoms with Gasteiger partial charge in [0.15, 0.2) is 0 Å². The van der Waals surface area contributed by atoms with Gasteiger partial charge in [0, 0.05) is 11.9 Å². The van der Waals surface area contributed by atoms with E-state index >= 15 is 0 Å². The molecule has 1 heterocycles. The predicted octanol–water partition coefficient (Wildman–Crippen LogP) is 5.05. The van der Waals surface area contributed by atoms with Crippen LogP contribution in [0.25, 0.3) is 0 Å². The summed E-state index contributed by atoms with van der Waals surface area (Å²) in [5, 5.41) is 6.35. The van der Waals surface area contributed by atoms with Gasteiger partial charge in [-0.3, -0.25) is 0 Å². The van der Waals surface area contributed by atoms with Crippen molar-refractivity contribution >= 4 is 29.1 Å². The molecule has 144 valence electrons. The third-order valence-electron chi connectivity index (χ3n) is 4.26. The van der Waals surface area contributed by atoms with Crippen LogP contribution in [-0.2, 0) is 10.2 Å². The summed E-state index contributed by atoms with van der Waals surface area (Å²) in [7, 11) is 1.36. The van der Waals surface area contributed by atoms with E-state index in [9.17, 15) is 4.79 Å². The fourth-order valence-corrected chi connectivity index (χ4v) is 2.69. The average molecular weight is 376 g/mol. The number of nitrogens with one attached hydrogen (secondary N) is 2. The Bertz CT molecular complexity index is 963. The van der Waals surface area contributed by atoms with Gasteiger partial charge in [0.1, 0.15) is 5.82 Å². The number of carbonyl (C=O) groups excluding carboxylic acids is 1. The van der Waals surface area contributed by atoms with Crippen LogP contribution in [0.4, 0.5) is 23.1 Å². The molecule has 1 aromatic heterocycles. The van der Waals surface area contributed by atoms with Crippen molar-refractivity contribution in [3.05, 3.63) is 71.9 Å². The van der Waals surface area contributed by atoms with E-state index in [1.807, 2.05) is 18.2 Å². The van der Waals surface area contributed by atoms with Crippen LogP contribution in [-0.4, -0.2) is 23.0 Å². The Balaban J connectivity index is 1.77. The minimum absolute atomic E-state index is 0.103. The van der Waals surface area contributed by atoms with E-state index in [1.54, 1.807) is 30.5 Å². The van der Waals surface area contributed by atoms with Crippen LogP contribution < -0.4 is 10.6 Å². The number of benzene rings is 2. The summed E-state index contributed by atoms with van der Waals surface area (Å²) >= 11 is 0. The van der Waals surface area contributed by atoms with Crippen molar-refractivity contribution in [2.24, 2.45) is 0 Å². The van der Waals surface area contributed by atoms with Gasteiger partial charge in [0.05, 0.1) is 18.4 Å². The summed E-state index contributed by atoms with van der Waals surface area (Å²) in [6, 6.07) is 17.1. The molecular formula is C22H24N4O2. The second kappa shape index (κ2) is 8.08. The Morgan fingerprint density at radius 3 is 2.36 bits per heavy atom. The van der Waals surface area contributed by atoms with Crippen molar-refractivity contribution in [2.45, 2.75) is 26.2 Å². The Morgan fingerprint density at radius 1 is 0.964 bits per heavy atom. The maximum absolute atomic E-state index is 11.9. The first kappa shape index (κ1) is 19.4. The Kier molecular flexibility index (Phi) is 5.59. The maximum Gasteiger partial charge on any atom is 0.339 e. The number of esters is 1. The lowest BCUT2D eigenvalue weighted by atomic mass is 9.87. The van der Waals surface area contributed by atoms with E-state index < -0.39 is 5.97 Å². The van der Waals surface area contributed by atoms with Gasteiger partial charge in [0.25, 0.3) is 0 Å². The van der Waals surface area contributed by atoms with Gasteiger partial charge >= 0.3 is 5.97 Å². The number of rotatable bonds is 5. The van der Waals surface area contributed by atoms with Crippen molar-refractivity contribution in [3.63, 3.8) is 0 Å². The molecule has 0 fully saturated rings. The van der Waals surface area contributed by atoms with Crippen LogP contribution in [0.3, 0.4) is 0 Å². The standard InChI is InChI=1S/C22H24N4O2/c1-22(2,3)15-9-11-16(12-10-15)24-21-23-14-13-19(26-21)25-18-8-6-5-7-17(18)20(27)28-4/h5-14H,1-4H3,(H2,23,24,25,26). The molecule has 3 aromatic rings. The number of hydrogen-bond acceptors (Lipinski definition) is 6.